The summed E-state index contributed by atoms with van der Waals surface area (Å²) in [6.07, 6.45) is 0. The Bertz CT molecular complexity index is 559. The fraction of sp³-hybridized carbons (Fsp3) is 0.500. The fourth-order valence-electron chi connectivity index (χ4n) is 2.20. The quantitative estimate of drug-likeness (QED) is 0.880. The van der Waals surface area contributed by atoms with Crippen LogP contribution in [0.2, 0.25) is 0 Å². The van der Waals surface area contributed by atoms with Crippen molar-refractivity contribution in [1.29, 1.82) is 0 Å². The summed E-state index contributed by atoms with van der Waals surface area (Å²) in [7, 11) is 0. The van der Waals surface area contributed by atoms with Crippen LogP contribution in [0.4, 0.5) is 5.95 Å². The fourth-order valence-corrected chi connectivity index (χ4v) is 3.67. The van der Waals surface area contributed by atoms with Gasteiger partial charge in [-0.2, -0.15) is 4.98 Å². The molecule has 0 radical (unpaired) electrons. The smallest absolute Gasteiger partial charge is 0.245 e. The van der Waals surface area contributed by atoms with Gasteiger partial charge in [0.15, 0.2) is 5.82 Å². The Labute approximate surface area is 124 Å². The predicted molar refractivity (Wildman–Crippen MR) is 81.8 cm³/mol. The monoisotopic (exact) mass is 341 g/mol. The summed E-state index contributed by atoms with van der Waals surface area (Å²) in [6, 6.07) is 2.60. The standard InChI is InChI=1S/C12H16BrN5S/c1-7-5-9(19-10(7)13)11-15-12(17-16-11)18-4-3-14-8(2)6-18/h5,8,14H,3-4,6H2,1-2H3,(H,15,16,17). The first-order chi connectivity index (χ1) is 9.13. The zero-order chi connectivity index (χ0) is 13.4. The van der Waals surface area contributed by atoms with Gasteiger partial charge in [-0.05, 0) is 41.4 Å². The van der Waals surface area contributed by atoms with Crippen molar-refractivity contribution in [3.05, 3.63) is 15.4 Å². The first kappa shape index (κ1) is 13.1. The molecular weight excluding hydrogens is 326 g/mol. The van der Waals surface area contributed by atoms with Crippen LogP contribution in [0.5, 0.6) is 0 Å². The number of nitrogens with one attached hydrogen (secondary N) is 2. The number of aromatic amines is 1. The van der Waals surface area contributed by atoms with E-state index in [0.717, 1.165) is 40.1 Å². The third-order valence-electron chi connectivity index (χ3n) is 3.22. The van der Waals surface area contributed by atoms with Gasteiger partial charge in [-0.3, -0.25) is 5.10 Å². The van der Waals surface area contributed by atoms with Crippen LogP contribution in [-0.4, -0.2) is 40.9 Å². The molecule has 1 atom stereocenters. The van der Waals surface area contributed by atoms with Crippen LogP contribution in [-0.2, 0) is 0 Å². The Morgan fingerprint density at radius 2 is 2.37 bits per heavy atom. The number of H-pyrrole nitrogens is 1. The number of nitrogens with zero attached hydrogens (tertiary/aromatic N) is 3. The minimum Gasteiger partial charge on any atom is -0.337 e. The van der Waals surface area contributed by atoms with E-state index in [2.05, 4.69) is 61.2 Å². The van der Waals surface area contributed by atoms with Gasteiger partial charge < -0.3 is 10.2 Å². The summed E-state index contributed by atoms with van der Waals surface area (Å²) in [6.45, 7) is 7.15. The maximum absolute atomic E-state index is 4.61. The lowest BCUT2D eigenvalue weighted by Crippen LogP contribution is -2.49. The van der Waals surface area contributed by atoms with E-state index >= 15 is 0 Å². The molecule has 5 nitrogen and oxygen atoms in total. The number of aromatic nitrogens is 3. The molecule has 0 aromatic carbocycles. The summed E-state index contributed by atoms with van der Waals surface area (Å²) in [5.41, 5.74) is 1.23. The number of thiophene rings is 1. The summed E-state index contributed by atoms with van der Waals surface area (Å²) in [4.78, 5) is 7.95. The summed E-state index contributed by atoms with van der Waals surface area (Å²) in [5.74, 6) is 1.64. The molecule has 0 saturated carbocycles. The van der Waals surface area contributed by atoms with Crippen LogP contribution in [0.1, 0.15) is 12.5 Å². The molecule has 102 valence electrons. The van der Waals surface area contributed by atoms with E-state index in [1.54, 1.807) is 11.3 Å². The average molecular weight is 342 g/mol. The molecule has 3 heterocycles. The number of rotatable bonds is 2. The lowest BCUT2D eigenvalue weighted by molar-refractivity contribution is 0.480. The highest BCUT2D eigenvalue weighted by molar-refractivity contribution is 9.11. The second-order valence-corrected chi connectivity index (χ2v) is 7.22. The zero-order valence-corrected chi connectivity index (χ0v) is 13.3. The highest BCUT2D eigenvalue weighted by Crippen LogP contribution is 2.33. The molecule has 2 aromatic heterocycles. The SMILES string of the molecule is Cc1cc(-c2nc(N3CCNC(C)C3)n[nH]2)sc1Br. The second-order valence-electron chi connectivity index (χ2n) is 4.85. The van der Waals surface area contributed by atoms with Crippen molar-refractivity contribution < 1.29 is 0 Å². The van der Waals surface area contributed by atoms with Crippen molar-refractivity contribution >= 4 is 33.2 Å². The maximum atomic E-state index is 4.61. The Kier molecular flexibility index (Phi) is 3.60. The first-order valence-corrected chi connectivity index (χ1v) is 7.91. The van der Waals surface area contributed by atoms with E-state index in [0.29, 0.717) is 6.04 Å². The number of hydrogen-bond acceptors (Lipinski definition) is 5. The van der Waals surface area contributed by atoms with Gasteiger partial charge in [0.1, 0.15) is 0 Å². The lowest BCUT2D eigenvalue weighted by atomic mass is 10.2. The Morgan fingerprint density at radius 1 is 1.53 bits per heavy atom. The van der Waals surface area contributed by atoms with Crippen LogP contribution in [0.25, 0.3) is 10.7 Å². The number of hydrogen-bond donors (Lipinski definition) is 2. The Balaban J connectivity index is 1.82. The third-order valence-corrected chi connectivity index (χ3v) is 5.36. The Morgan fingerprint density at radius 3 is 3.05 bits per heavy atom. The minimum atomic E-state index is 0.480. The van der Waals surface area contributed by atoms with Crippen molar-refractivity contribution in [3.63, 3.8) is 0 Å². The zero-order valence-electron chi connectivity index (χ0n) is 10.9. The molecule has 0 amide bonds. The molecule has 1 unspecified atom stereocenters. The third kappa shape index (κ3) is 2.68. The van der Waals surface area contributed by atoms with Gasteiger partial charge in [0, 0.05) is 25.7 Å². The Hall–Kier alpha value is -0.920. The van der Waals surface area contributed by atoms with Crippen molar-refractivity contribution in [1.82, 2.24) is 20.5 Å². The van der Waals surface area contributed by atoms with Gasteiger partial charge in [-0.25, -0.2) is 0 Å². The lowest BCUT2D eigenvalue weighted by Gasteiger charge is -2.30. The van der Waals surface area contributed by atoms with Gasteiger partial charge in [0.05, 0.1) is 8.66 Å². The van der Waals surface area contributed by atoms with E-state index in [1.165, 1.54) is 5.56 Å². The van der Waals surface area contributed by atoms with Gasteiger partial charge in [0.2, 0.25) is 5.95 Å². The van der Waals surface area contributed by atoms with E-state index in [-0.39, 0.29) is 0 Å². The van der Waals surface area contributed by atoms with Crippen molar-refractivity contribution in [3.8, 4) is 10.7 Å². The van der Waals surface area contributed by atoms with Gasteiger partial charge >= 0.3 is 0 Å². The van der Waals surface area contributed by atoms with Crippen LogP contribution < -0.4 is 10.2 Å². The molecule has 1 aliphatic heterocycles. The molecule has 0 bridgehead atoms. The van der Waals surface area contributed by atoms with Crippen LogP contribution in [0.15, 0.2) is 9.85 Å². The highest BCUT2D eigenvalue weighted by atomic mass is 79.9. The predicted octanol–water partition coefficient (Wildman–Crippen LogP) is 2.40. The maximum Gasteiger partial charge on any atom is 0.245 e. The van der Waals surface area contributed by atoms with Gasteiger partial charge in [-0.1, -0.05) is 0 Å². The van der Waals surface area contributed by atoms with E-state index in [9.17, 15) is 0 Å². The van der Waals surface area contributed by atoms with Crippen molar-refractivity contribution in [2.45, 2.75) is 19.9 Å². The topological polar surface area (TPSA) is 56.8 Å². The van der Waals surface area contributed by atoms with Crippen molar-refractivity contribution in [2.75, 3.05) is 24.5 Å². The molecule has 0 aliphatic carbocycles. The number of piperazine rings is 1. The molecule has 19 heavy (non-hydrogen) atoms. The normalized spacial score (nSPS) is 19.9. The summed E-state index contributed by atoms with van der Waals surface area (Å²) in [5, 5.41) is 10.8. The molecule has 2 N–H and O–H groups in total. The molecular formula is C12H16BrN5S. The average Bonchev–Trinajstić information content (AvgIpc) is 2.97. The molecule has 7 heteroatoms. The molecule has 1 saturated heterocycles. The van der Waals surface area contributed by atoms with E-state index < -0.39 is 0 Å². The minimum absolute atomic E-state index is 0.480. The highest BCUT2D eigenvalue weighted by Gasteiger charge is 2.20. The summed E-state index contributed by atoms with van der Waals surface area (Å²) < 4.78 is 1.15. The van der Waals surface area contributed by atoms with Crippen LogP contribution in [0, 0.1) is 6.92 Å². The first-order valence-electron chi connectivity index (χ1n) is 6.30. The van der Waals surface area contributed by atoms with E-state index in [4.69, 9.17) is 0 Å². The molecule has 0 spiro atoms. The number of aryl methyl sites for hydroxylation is 1. The van der Waals surface area contributed by atoms with Crippen LogP contribution >= 0.6 is 27.3 Å². The van der Waals surface area contributed by atoms with Gasteiger partial charge in [0.25, 0.3) is 0 Å². The summed E-state index contributed by atoms with van der Waals surface area (Å²) >= 11 is 5.22. The van der Waals surface area contributed by atoms with E-state index in [1.807, 2.05) is 0 Å². The molecule has 1 fully saturated rings. The van der Waals surface area contributed by atoms with Crippen molar-refractivity contribution in [2.24, 2.45) is 0 Å². The second kappa shape index (κ2) is 5.22. The number of halogens is 1. The van der Waals surface area contributed by atoms with Crippen LogP contribution in [0.3, 0.4) is 0 Å². The number of anilines is 1. The molecule has 1 aliphatic rings. The molecule has 3 rings (SSSR count). The molecule has 2 aromatic rings. The largest absolute Gasteiger partial charge is 0.337 e. The van der Waals surface area contributed by atoms with Gasteiger partial charge in [-0.15, -0.1) is 16.4 Å².